The van der Waals surface area contributed by atoms with E-state index in [2.05, 4.69) is 26.8 Å². The van der Waals surface area contributed by atoms with Crippen LogP contribution in [0.4, 0.5) is 10.1 Å². The molecule has 0 aromatic heterocycles. The van der Waals surface area contributed by atoms with Gasteiger partial charge >= 0.3 is 0 Å². The minimum atomic E-state index is -0.221. The minimum absolute atomic E-state index is 0.221. The van der Waals surface area contributed by atoms with Crippen LogP contribution in [0.2, 0.25) is 0 Å². The Labute approximate surface area is 108 Å². The summed E-state index contributed by atoms with van der Waals surface area (Å²) >= 11 is 3.33. The molecule has 2 rings (SSSR count). The van der Waals surface area contributed by atoms with Gasteiger partial charge in [0, 0.05) is 22.3 Å². The van der Waals surface area contributed by atoms with Crippen LogP contribution in [0.25, 0.3) is 0 Å². The van der Waals surface area contributed by atoms with E-state index in [0.717, 1.165) is 10.2 Å². The van der Waals surface area contributed by atoms with Crippen LogP contribution in [0.15, 0.2) is 53.0 Å². The second-order valence-corrected chi connectivity index (χ2v) is 4.40. The summed E-state index contributed by atoms with van der Waals surface area (Å²) in [5, 5.41) is 0. The van der Waals surface area contributed by atoms with Crippen molar-refractivity contribution in [3.63, 3.8) is 0 Å². The van der Waals surface area contributed by atoms with Gasteiger partial charge in [0.2, 0.25) is 0 Å². The van der Waals surface area contributed by atoms with Crippen molar-refractivity contribution in [1.82, 2.24) is 5.43 Å². The molecule has 2 nitrogen and oxygen atoms in total. The SMILES string of the molecule is Fc1cccc(Br)c1CNNc1ccccc1. The molecule has 17 heavy (non-hydrogen) atoms. The van der Waals surface area contributed by atoms with E-state index in [1.165, 1.54) is 6.07 Å². The summed E-state index contributed by atoms with van der Waals surface area (Å²) < 4.78 is 14.2. The van der Waals surface area contributed by atoms with Gasteiger partial charge < -0.3 is 5.43 Å². The lowest BCUT2D eigenvalue weighted by Crippen LogP contribution is -2.21. The Morgan fingerprint density at radius 3 is 2.47 bits per heavy atom. The lowest BCUT2D eigenvalue weighted by Gasteiger charge is -2.10. The molecule has 0 fully saturated rings. The maximum absolute atomic E-state index is 13.5. The average Bonchev–Trinajstić information content (AvgIpc) is 2.34. The molecule has 2 aromatic rings. The third kappa shape index (κ3) is 3.28. The number of nitrogens with one attached hydrogen (secondary N) is 2. The van der Waals surface area contributed by atoms with Crippen molar-refractivity contribution < 1.29 is 4.39 Å². The Bertz CT molecular complexity index is 468. The zero-order valence-corrected chi connectivity index (χ0v) is 10.7. The highest BCUT2D eigenvalue weighted by molar-refractivity contribution is 9.10. The molecule has 0 aliphatic heterocycles. The Hall–Kier alpha value is -1.39. The molecule has 0 amide bonds. The topological polar surface area (TPSA) is 24.1 Å². The monoisotopic (exact) mass is 294 g/mol. The first-order valence-corrected chi connectivity index (χ1v) is 6.03. The summed E-state index contributed by atoms with van der Waals surface area (Å²) in [6.07, 6.45) is 0. The molecule has 0 unspecified atom stereocenters. The predicted molar refractivity (Wildman–Crippen MR) is 71.0 cm³/mol. The van der Waals surface area contributed by atoms with Crippen molar-refractivity contribution in [1.29, 1.82) is 0 Å². The number of anilines is 1. The van der Waals surface area contributed by atoms with Crippen molar-refractivity contribution >= 4 is 21.6 Å². The second-order valence-electron chi connectivity index (χ2n) is 3.54. The van der Waals surface area contributed by atoms with E-state index in [0.29, 0.717) is 12.1 Å². The number of halogens is 2. The molecule has 0 heterocycles. The highest BCUT2D eigenvalue weighted by atomic mass is 79.9. The Balaban J connectivity index is 1.95. The number of benzene rings is 2. The largest absolute Gasteiger partial charge is 0.321 e. The molecule has 2 aromatic carbocycles. The van der Waals surface area contributed by atoms with Gasteiger partial charge in [-0.2, -0.15) is 0 Å². The van der Waals surface area contributed by atoms with Crippen molar-refractivity contribution in [2.75, 3.05) is 5.43 Å². The summed E-state index contributed by atoms with van der Waals surface area (Å²) in [6.45, 7) is 0.405. The maximum atomic E-state index is 13.5. The zero-order chi connectivity index (χ0) is 12.1. The number of hydrogen-bond donors (Lipinski definition) is 2. The van der Waals surface area contributed by atoms with Gasteiger partial charge in [-0.25, -0.2) is 9.82 Å². The van der Waals surface area contributed by atoms with E-state index in [9.17, 15) is 4.39 Å². The quantitative estimate of drug-likeness (QED) is 0.840. The highest BCUT2D eigenvalue weighted by Crippen LogP contribution is 2.19. The molecule has 0 aliphatic rings. The van der Waals surface area contributed by atoms with E-state index in [1.807, 2.05) is 36.4 Å². The Morgan fingerprint density at radius 1 is 1.00 bits per heavy atom. The van der Waals surface area contributed by atoms with Crippen molar-refractivity contribution in [3.05, 3.63) is 64.4 Å². The maximum Gasteiger partial charge on any atom is 0.128 e. The first-order chi connectivity index (χ1) is 8.27. The van der Waals surface area contributed by atoms with Gasteiger partial charge in [-0.3, -0.25) is 0 Å². The van der Waals surface area contributed by atoms with Gasteiger partial charge in [0.05, 0.1) is 0 Å². The van der Waals surface area contributed by atoms with E-state index < -0.39 is 0 Å². The average molecular weight is 295 g/mol. The van der Waals surface area contributed by atoms with Gasteiger partial charge in [-0.15, -0.1) is 0 Å². The van der Waals surface area contributed by atoms with E-state index in [4.69, 9.17) is 0 Å². The van der Waals surface area contributed by atoms with Gasteiger partial charge in [0.1, 0.15) is 5.82 Å². The summed E-state index contributed by atoms with van der Waals surface area (Å²) in [4.78, 5) is 0. The van der Waals surface area contributed by atoms with Crippen LogP contribution in [0, 0.1) is 5.82 Å². The van der Waals surface area contributed by atoms with Gasteiger partial charge in [0.15, 0.2) is 0 Å². The molecular weight excluding hydrogens is 283 g/mol. The molecule has 2 N–H and O–H groups in total. The first kappa shape index (κ1) is 12.1. The second kappa shape index (κ2) is 5.80. The zero-order valence-electron chi connectivity index (χ0n) is 9.08. The molecule has 4 heteroatoms. The summed E-state index contributed by atoms with van der Waals surface area (Å²) in [5.41, 5.74) is 7.54. The van der Waals surface area contributed by atoms with Crippen LogP contribution in [0.3, 0.4) is 0 Å². The standard InChI is InChI=1S/C13H12BrFN2/c14-12-7-4-8-13(15)11(12)9-16-17-10-5-2-1-3-6-10/h1-8,16-17H,9H2. The number of hydrazine groups is 1. The number of hydrogen-bond acceptors (Lipinski definition) is 2. The van der Waals surface area contributed by atoms with E-state index >= 15 is 0 Å². The molecule has 0 bridgehead atoms. The lowest BCUT2D eigenvalue weighted by atomic mass is 10.2. The summed E-state index contributed by atoms with van der Waals surface area (Å²) in [6, 6.07) is 14.6. The first-order valence-electron chi connectivity index (χ1n) is 5.24. The fourth-order valence-corrected chi connectivity index (χ4v) is 1.94. The van der Waals surface area contributed by atoms with Gasteiger partial charge in [-0.1, -0.05) is 40.2 Å². The summed E-state index contributed by atoms with van der Waals surface area (Å²) in [7, 11) is 0. The minimum Gasteiger partial charge on any atom is -0.321 e. The molecular formula is C13H12BrFN2. The normalized spacial score (nSPS) is 10.2. The van der Waals surface area contributed by atoms with Crippen LogP contribution < -0.4 is 10.9 Å². The molecule has 0 saturated heterocycles. The van der Waals surface area contributed by atoms with Crippen LogP contribution in [-0.2, 0) is 6.54 Å². The van der Waals surface area contributed by atoms with Crippen LogP contribution in [0.1, 0.15) is 5.56 Å². The molecule has 0 saturated carbocycles. The smallest absolute Gasteiger partial charge is 0.128 e. The fourth-order valence-electron chi connectivity index (χ4n) is 1.46. The summed E-state index contributed by atoms with van der Waals surface area (Å²) in [5.74, 6) is -0.221. The highest BCUT2D eigenvalue weighted by Gasteiger charge is 2.05. The molecule has 88 valence electrons. The van der Waals surface area contributed by atoms with Gasteiger partial charge in [-0.05, 0) is 24.3 Å². The van der Waals surface area contributed by atoms with Gasteiger partial charge in [0.25, 0.3) is 0 Å². The van der Waals surface area contributed by atoms with Crippen LogP contribution in [0.5, 0.6) is 0 Å². The Morgan fingerprint density at radius 2 is 1.76 bits per heavy atom. The van der Waals surface area contributed by atoms with Crippen molar-refractivity contribution in [3.8, 4) is 0 Å². The van der Waals surface area contributed by atoms with Crippen molar-refractivity contribution in [2.24, 2.45) is 0 Å². The third-order valence-electron chi connectivity index (χ3n) is 2.33. The Kier molecular flexibility index (Phi) is 4.12. The molecule has 0 aliphatic carbocycles. The number of rotatable bonds is 4. The number of para-hydroxylation sites is 1. The third-order valence-corrected chi connectivity index (χ3v) is 3.08. The van der Waals surface area contributed by atoms with E-state index in [1.54, 1.807) is 6.07 Å². The fraction of sp³-hybridized carbons (Fsp3) is 0.0769. The van der Waals surface area contributed by atoms with E-state index in [-0.39, 0.29) is 5.82 Å². The van der Waals surface area contributed by atoms with Crippen molar-refractivity contribution in [2.45, 2.75) is 6.54 Å². The molecule has 0 radical (unpaired) electrons. The molecule has 0 atom stereocenters. The van der Waals surface area contributed by atoms with Crippen LogP contribution in [-0.4, -0.2) is 0 Å². The van der Waals surface area contributed by atoms with Crippen LogP contribution >= 0.6 is 15.9 Å². The lowest BCUT2D eigenvalue weighted by molar-refractivity contribution is 0.598. The molecule has 0 spiro atoms. The predicted octanol–water partition coefficient (Wildman–Crippen LogP) is 3.70.